The smallest absolute Gasteiger partial charge is 0.180 e. The van der Waals surface area contributed by atoms with Crippen molar-refractivity contribution in [3.63, 3.8) is 0 Å². The Bertz CT molecular complexity index is 289. The van der Waals surface area contributed by atoms with E-state index in [-0.39, 0.29) is 5.78 Å². The van der Waals surface area contributed by atoms with Crippen LogP contribution in [0, 0.1) is 0 Å². The molecule has 0 N–H and O–H groups in total. The Morgan fingerprint density at radius 3 is 2.67 bits per heavy atom. The SMILES string of the molecule is CCC(=O)c1cc(CC)nn1C. The van der Waals surface area contributed by atoms with Crippen molar-refractivity contribution in [3.8, 4) is 0 Å². The fraction of sp³-hybridized carbons (Fsp3) is 0.556. The Kier molecular flexibility index (Phi) is 2.63. The third kappa shape index (κ3) is 1.55. The van der Waals surface area contributed by atoms with Gasteiger partial charge in [-0.3, -0.25) is 9.48 Å². The number of carbonyl (C=O) groups is 1. The van der Waals surface area contributed by atoms with Crippen LogP contribution in [0.25, 0.3) is 0 Å². The van der Waals surface area contributed by atoms with Gasteiger partial charge in [-0.15, -0.1) is 0 Å². The molecule has 1 aromatic rings. The lowest BCUT2D eigenvalue weighted by Crippen LogP contribution is -2.04. The van der Waals surface area contributed by atoms with Crippen LogP contribution in [-0.2, 0) is 13.5 Å². The van der Waals surface area contributed by atoms with Gasteiger partial charge in [-0.05, 0) is 12.5 Å². The van der Waals surface area contributed by atoms with Gasteiger partial charge in [-0.2, -0.15) is 5.10 Å². The Balaban J connectivity index is 2.99. The minimum Gasteiger partial charge on any atom is -0.292 e. The van der Waals surface area contributed by atoms with E-state index in [2.05, 4.69) is 5.10 Å². The van der Waals surface area contributed by atoms with Gasteiger partial charge in [0.1, 0.15) is 5.69 Å². The summed E-state index contributed by atoms with van der Waals surface area (Å²) in [5.74, 6) is 0.157. The van der Waals surface area contributed by atoms with Gasteiger partial charge in [-0.25, -0.2) is 0 Å². The first kappa shape index (κ1) is 8.97. The zero-order valence-electron chi connectivity index (χ0n) is 7.79. The summed E-state index contributed by atoms with van der Waals surface area (Å²) in [6.45, 7) is 3.89. The summed E-state index contributed by atoms with van der Waals surface area (Å²) in [6.07, 6.45) is 1.42. The molecule has 3 heteroatoms. The fourth-order valence-electron chi connectivity index (χ4n) is 1.14. The van der Waals surface area contributed by atoms with E-state index < -0.39 is 0 Å². The maximum atomic E-state index is 11.3. The molecule has 0 bridgehead atoms. The second kappa shape index (κ2) is 3.52. The average molecular weight is 166 g/mol. The molecule has 1 rings (SSSR count). The topological polar surface area (TPSA) is 34.9 Å². The molecule has 66 valence electrons. The largest absolute Gasteiger partial charge is 0.292 e. The van der Waals surface area contributed by atoms with Crippen molar-refractivity contribution in [2.24, 2.45) is 7.05 Å². The second-order valence-electron chi connectivity index (χ2n) is 2.77. The lowest BCUT2D eigenvalue weighted by Gasteiger charge is -1.95. The number of ketones is 1. The van der Waals surface area contributed by atoms with Crippen LogP contribution in [0.2, 0.25) is 0 Å². The van der Waals surface area contributed by atoms with Gasteiger partial charge in [0.05, 0.1) is 5.69 Å². The molecule has 0 fully saturated rings. The van der Waals surface area contributed by atoms with Gasteiger partial charge < -0.3 is 0 Å². The van der Waals surface area contributed by atoms with E-state index in [1.807, 2.05) is 27.0 Å². The summed E-state index contributed by atoms with van der Waals surface area (Å²) >= 11 is 0. The highest BCUT2D eigenvalue weighted by molar-refractivity contribution is 5.94. The van der Waals surface area contributed by atoms with Crippen LogP contribution in [-0.4, -0.2) is 15.6 Å². The van der Waals surface area contributed by atoms with Crippen molar-refractivity contribution in [2.75, 3.05) is 0 Å². The summed E-state index contributed by atoms with van der Waals surface area (Å²) in [6, 6.07) is 1.87. The number of aryl methyl sites for hydroxylation is 2. The summed E-state index contributed by atoms with van der Waals surface area (Å²) in [7, 11) is 1.81. The highest BCUT2D eigenvalue weighted by Crippen LogP contribution is 2.06. The summed E-state index contributed by atoms with van der Waals surface area (Å²) < 4.78 is 1.66. The van der Waals surface area contributed by atoms with Gasteiger partial charge >= 0.3 is 0 Å². The molecule has 0 saturated carbocycles. The highest BCUT2D eigenvalue weighted by Gasteiger charge is 2.09. The maximum absolute atomic E-state index is 11.3. The molecule has 1 aromatic heterocycles. The molecule has 0 saturated heterocycles. The lowest BCUT2D eigenvalue weighted by molar-refractivity contribution is 0.0979. The van der Waals surface area contributed by atoms with Crippen molar-refractivity contribution in [3.05, 3.63) is 17.5 Å². The number of Topliss-reactive ketones (excluding diaryl/α,β-unsaturated/α-hetero) is 1. The number of carbonyl (C=O) groups excluding carboxylic acids is 1. The summed E-state index contributed by atoms with van der Waals surface area (Å²) in [5, 5.41) is 4.19. The normalized spacial score (nSPS) is 10.2. The zero-order chi connectivity index (χ0) is 9.14. The number of aromatic nitrogens is 2. The predicted molar refractivity (Wildman–Crippen MR) is 47.2 cm³/mol. The van der Waals surface area contributed by atoms with Gasteiger partial charge in [0, 0.05) is 13.5 Å². The van der Waals surface area contributed by atoms with Crippen molar-refractivity contribution in [2.45, 2.75) is 26.7 Å². The molecule has 0 aliphatic rings. The minimum atomic E-state index is 0.157. The molecule has 1 heterocycles. The third-order valence-corrected chi connectivity index (χ3v) is 1.90. The Morgan fingerprint density at radius 2 is 2.25 bits per heavy atom. The Labute approximate surface area is 72.4 Å². The van der Waals surface area contributed by atoms with Crippen molar-refractivity contribution in [1.82, 2.24) is 9.78 Å². The van der Waals surface area contributed by atoms with E-state index in [4.69, 9.17) is 0 Å². The molecule has 0 aromatic carbocycles. The molecular formula is C9H14N2O. The molecule has 0 aliphatic heterocycles. The monoisotopic (exact) mass is 166 g/mol. The van der Waals surface area contributed by atoms with Gasteiger partial charge in [-0.1, -0.05) is 13.8 Å². The van der Waals surface area contributed by atoms with Gasteiger partial charge in [0.25, 0.3) is 0 Å². The van der Waals surface area contributed by atoms with Crippen molar-refractivity contribution in [1.29, 1.82) is 0 Å². The van der Waals surface area contributed by atoms with E-state index in [9.17, 15) is 4.79 Å². The molecule has 0 unspecified atom stereocenters. The first-order valence-electron chi connectivity index (χ1n) is 4.25. The quantitative estimate of drug-likeness (QED) is 0.639. The highest BCUT2D eigenvalue weighted by atomic mass is 16.1. The van der Waals surface area contributed by atoms with Gasteiger partial charge in [0.15, 0.2) is 5.78 Å². The number of rotatable bonds is 3. The standard InChI is InChI=1S/C9H14N2O/c1-4-7-6-8(9(12)5-2)11(3)10-7/h6H,4-5H2,1-3H3. The molecule has 3 nitrogen and oxygen atoms in total. The first-order chi connectivity index (χ1) is 5.69. The third-order valence-electron chi connectivity index (χ3n) is 1.90. The van der Waals surface area contributed by atoms with Crippen LogP contribution in [0.1, 0.15) is 36.5 Å². The van der Waals surface area contributed by atoms with E-state index in [0.717, 1.165) is 12.1 Å². The van der Waals surface area contributed by atoms with Gasteiger partial charge in [0.2, 0.25) is 0 Å². The number of nitrogens with zero attached hydrogens (tertiary/aromatic N) is 2. The summed E-state index contributed by atoms with van der Waals surface area (Å²) in [5.41, 5.74) is 1.70. The van der Waals surface area contributed by atoms with Crippen molar-refractivity contribution >= 4 is 5.78 Å². The minimum absolute atomic E-state index is 0.157. The van der Waals surface area contributed by atoms with Crippen LogP contribution in [0.4, 0.5) is 0 Å². The summed E-state index contributed by atoms with van der Waals surface area (Å²) in [4.78, 5) is 11.3. The number of hydrogen-bond acceptors (Lipinski definition) is 2. The second-order valence-corrected chi connectivity index (χ2v) is 2.77. The fourth-order valence-corrected chi connectivity index (χ4v) is 1.14. The molecular weight excluding hydrogens is 152 g/mol. The van der Waals surface area contributed by atoms with E-state index in [0.29, 0.717) is 12.1 Å². The lowest BCUT2D eigenvalue weighted by atomic mass is 10.2. The molecule has 0 amide bonds. The average Bonchev–Trinajstić information content (AvgIpc) is 2.45. The van der Waals surface area contributed by atoms with E-state index in [1.165, 1.54) is 0 Å². The molecule has 12 heavy (non-hydrogen) atoms. The predicted octanol–water partition coefficient (Wildman–Crippen LogP) is 1.58. The van der Waals surface area contributed by atoms with E-state index >= 15 is 0 Å². The molecule has 0 spiro atoms. The number of hydrogen-bond donors (Lipinski definition) is 0. The van der Waals surface area contributed by atoms with E-state index in [1.54, 1.807) is 4.68 Å². The molecule has 0 aliphatic carbocycles. The van der Waals surface area contributed by atoms with Crippen LogP contribution < -0.4 is 0 Å². The van der Waals surface area contributed by atoms with Crippen LogP contribution in [0.5, 0.6) is 0 Å². The Morgan fingerprint density at radius 1 is 1.58 bits per heavy atom. The molecule has 0 radical (unpaired) electrons. The zero-order valence-corrected chi connectivity index (χ0v) is 7.79. The molecule has 0 atom stereocenters. The Hall–Kier alpha value is -1.12. The maximum Gasteiger partial charge on any atom is 0.180 e. The van der Waals surface area contributed by atoms with Crippen LogP contribution in [0.3, 0.4) is 0 Å². The van der Waals surface area contributed by atoms with Crippen LogP contribution in [0.15, 0.2) is 6.07 Å². The van der Waals surface area contributed by atoms with Crippen molar-refractivity contribution < 1.29 is 4.79 Å². The van der Waals surface area contributed by atoms with Crippen LogP contribution >= 0.6 is 0 Å². The first-order valence-corrected chi connectivity index (χ1v) is 4.25.